The van der Waals surface area contributed by atoms with Gasteiger partial charge in [0.05, 0.1) is 0 Å². The van der Waals surface area contributed by atoms with E-state index in [4.69, 9.17) is 9.84 Å². The molecule has 0 unspecified atom stereocenters. The molecule has 0 saturated carbocycles. The first-order valence-electron chi connectivity index (χ1n) is 8.76. The minimum Gasteiger partial charge on any atom is -0.460 e. The summed E-state index contributed by atoms with van der Waals surface area (Å²) >= 11 is 0. The van der Waals surface area contributed by atoms with Crippen LogP contribution in [0.5, 0.6) is 5.75 Å². The maximum Gasteiger partial charge on any atom is 0.160 e. The Balaban J connectivity index is 1.99. The Morgan fingerprint density at radius 1 is 0.818 bits per heavy atom. The molecule has 0 atom stereocenters. The Labute approximate surface area is 135 Å². The fraction of sp³-hybridized carbons (Fsp3) is 0.600. The molecule has 0 radical (unpaired) electrons. The van der Waals surface area contributed by atoms with Crippen molar-refractivity contribution in [2.75, 3.05) is 0 Å². The number of aliphatic hydroxyl groups excluding tert-OH is 1. The van der Waals surface area contributed by atoms with Crippen molar-refractivity contribution in [1.82, 2.24) is 0 Å². The van der Waals surface area contributed by atoms with Gasteiger partial charge in [-0.2, -0.15) is 0 Å². The van der Waals surface area contributed by atoms with Gasteiger partial charge >= 0.3 is 0 Å². The molecule has 0 spiro atoms. The average molecular weight is 302 g/mol. The van der Waals surface area contributed by atoms with Crippen LogP contribution in [0.2, 0.25) is 0 Å². The Hall–Kier alpha value is -1.62. The molecule has 1 N–H and O–H groups in total. The highest BCUT2D eigenvalue weighted by molar-refractivity contribution is 5.28. The van der Waals surface area contributed by atoms with Crippen LogP contribution in [0, 0.1) is 12.2 Å². The Morgan fingerprint density at radius 3 is 1.91 bits per heavy atom. The molecule has 0 fully saturated rings. The first kappa shape index (κ1) is 18.4. The fourth-order valence-electron chi connectivity index (χ4n) is 2.62. The van der Waals surface area contributed by atoms with Crippen LogP contribution < -0.4 is 4.74 Å². The predicted octanol–water partition coefficient (Wildman–Crippen LogP) is 5.82. The first-order chi connectivity index (χ1) is 10.9. The van der Waals surface area contributed by atoms with Crippen LogP contribution in [0.1, 0.15) is 76.7 Å². The summed E-state index contributed by atoms with van der Waals surface area (Å²) < 4.78 is 5.00. The summed E-state index contributed by atoms with van der Waals surface area (Å²) in [6.07, 6.45) is 18.8. The largest absolute Gasteiger partial charge is 0.460 e. The van der Waals surface area contributed by atoms with E-state index in [1.807, 2.05) is 12.1 Å². The smallest absolute Gasteiger partial charge is 0.160 e. The number of unbranched alkanes of at least 4 members (excludes halogenated alkanes) is 9. The molecule has 0 aliphatic rings. The van der Waals surface area contributed by atoms with Gasteiger partial charge in [0.1, 0.15) is 5.75 Å². The molecule has 1 rings (SSSR count). The minimum absolute atomic E-state index is 0.674. The van der Waals surface area contributed by atoms with E-state index in [0.717, 1.165) is 6.42 Å². The van der Waals surface area contributed by atoms with Crippen molar-refractivity contribution in [3.05, 3.63) is 29.8 Å². The second-order valence-electron chi connectivity index (χ2n) is 5.89. The molecule has 2 nitrogen and oxygen atoms in total. The third-order valence-corrected chi connectivity index (χ3v) is 3.96. The number of benzene rings is 1. The predicted molar refractivity (Wildman–Crippen MR) is 92.3 cm³/mol. The topological polar surface area (TPSA) is 29.5 Å². The number of rotatable bonds is 12. The third-order valence-electron chi connectivity index (χ3n) is 3.96. The highest BCUT2D eigenvalue weighted by Gasteiger charge is 1.97. The summed E-state index contributed by atoms with van der Waals surface area (Å²) in [4.78, 5) is 0. The summed E-state index contributed by atoms with van der Waals surface area (Å²) in [5, 5.41) is 8.35. The van der Waals surface area contributed by atoms with Gasteiger partial charge in [-0.15, -0.1) is 0 Å². The summed E-state index contributed by atoms with van der Waals surface area (Å²) in [6.45, 7) is 2.27. The van der Waals surface area contributed by atoms with Crippen LogP contribution in [-0.4, -0.2) is 5.11 Å². The zero-order chi connectivity index (χ0) is 15.9. The van der Waals surface area contributed by atoms with Crippen molar-refractivity contribution in [3.8, 4) is 18.0 Å². The Kier molecular flexibility index (Phi) is 10.9. The first-order valence-corrected chi connectivity index (χ1v) is 8.76. The van der Waals surface area contributed by atoms with Gasteiger partial charge < -0.3 is 9.84 Å². The van der Waals surface area contributed by atoms with E-state index in [9.17, 15) is 0 Å². The Morgan fingerprint density at radius 2 is 1.36 bits per heavy atom. The number of aliphatic hydroxyl groups is 1. The van der Waals surface area contributed by atoms with Crippen molar-refractivity contribution < 1.29 is 9.84 Å². The van der Waals surface area contributed by atoms with Crippen LogP contribution in [0.3, 0.4) is 0 Å². The van der Waals surface area contributed by atoms with Gasteiger partial charge in [-0.3, -0.25) is 0 Å². The summed E-state index contributed by atoms with van der Waals surface area (Å²) in [5.41, 5.74) is 1.34. The van der Waals surface area contributed by atoms with Gasteiger partial charge in [0, 0.05) is 0 Å². The van der Waals surface area contributed by atoms with Gasteiger partial charge in [0.2, 0.25) is 0 Å². The minimum atomic E-state index is 0.674. The molecule has 22 heavy (non-hydrogen) atoms. The van der Waals surface area contributed by atoms with E-state index in [2.05, 4.69) is 25.2 Å². The molecule has 2 heteroatoms. The highest BCUT2D eigenvalue weighted by atomic mass is 16.5. The molecule has 0 bridgehead atoms. The molecule has 0 saturated heterocycles. The molecule has 1 aromatic rings. The maximum atomic E-state index is 8.35. The van der Waals surface area contributed by atoms with Gasteiger partial charge in [-0.25, -0.2) is 0 Å². The van der Waals surface area contributed by atoms with E-state index < -0.39 is 0 Å². The standard InChI is InChI=1S/C20H30O2/c1-2-3-4-5-6-7-8-9-10-11-12-19-13-15-20(16-14-19)22-18-17-21/h13-16,21H,2-12H2,1H3. The molecular weight excluding hydrogens is 272 g/mol. The lowest BCUT2D eigenvalue weighted by atomic mass is 10.0. The van der Waals surface area contributed by atoms with Gasteiger partial charge in [0.15, 0.2) is 12.2 Å². The van der Waals surface area contributed by atoms with Crippen LogP contribution in [0.25, 0.3) is 0 Å². The molecule has 1 aromatic carbocycles. The average Bonchev–Trinajstić information content (AvgIpc) is 2.56. The van der Waals surface area contributed by atoms with E-state index in [0.29, 0.717) is 5.75 Å². The molecule has 0 aromatic heterocycles. The molecule has 122 valence electrons. The van der Waals surface area contributed by atoms with Gasteiger partial charge in [0.25, 0.3) is 0 Å². The number of aryl methyl sites for hydroxylation is 1. The molecular formula is C20H30O2. The highest BCUT2D eigenvalue weighted by Crippen LogP contribution is 2.15. The summed E-state index contributed by atoms with van der Waals surface area (Å²) in [6, 6.07) is 7.94. The van der Waals surface area contributed by atoms with Crippen molar-refractivity contribution in [3.63, 3.8) is 0 Å². The fourth-order valence-corrected chi connectivity index (χ4v) is 2.62. The van der Waals surface area contributed by atoms with E-state index in [-0.39, 0.29) is 0 Å². The van der Waals surface area contributed by atoms with Crippen LogP contribution >= 0.6 is 0 Å². The van der Waals surface area contributed by atoms with Gasteiger partial charge in [-0.05, 0) is 30.5 Å². The third kappa shape index (κ3) is 9.34. The monoisotopic (exact) mass is 302 g/mol. The molecule has 0 heterocycles. The SMILES string of the molecule is CCCCCCCCCCCCc1ccc(OC#CO)cc1. The van der Waals surface area contributed by atoms with E-state index in [1.165, 1.54) is 69.8 Å². The van der Waals surface area contributed by atoms with Crippen molar-refractivity contribution in [2.24, 2.45) is 0 Å². The maximum absolute atomic E-state index is 8.35. The number of ether oxygens (including phenoxy) is 1. The van der Waals surface area contributed by atoms with Crippen LogP contribution in [0.15, 0.2) is 24.3 Å². The molecule has 0 amide bonds. The lowest BCUT2D eigenvalue weighted by Gasteiger charge is -2.04. The van der Waals surface area contributed by atoms with Crippen LogP contribution in [-0.2, 0) is 6.42 Å². The van der Waals surface area contributed by atoms with Gasteiger partial charge in [-0.1, -0.05) is 76.8 Å². The quantitative estimate of drug-likeness (QED) is 0.389. The second kappa shape index (κ2) is 13.1. The molecule has 0 aliphatic carbocycles. The normalized spacial score (nSPS) is 10.0. The number of hydrogen-bond donors (Lipinski definition) is 1. The van der Waals surface area contributed by atoms with Crippen LogP contribution in [0.4, 0.5) is 0 Å². The lowest BCUT2D eigenvalue weighted by molar-refractivity contribution is 0.475. The Bertz CT molecular complexity index is 425. The van der Waals surface area contributed by atoms with Crippen molar-refractivity contribution in [2.45, 2.75) is 77.6 Å². The van der Waals surface area contributed by atoms with Crippen molar-refractivity contribution >= 4 is 0 Å². The summed E-state index contributed by atoms with van der Waals surface area (Å²) in [7, 11) is 0. The van der Waals surface area contributed by atoms with E-state index >= 15 is 0 Å². The zero-order valence-electron chi connectivity index (χ0n) is 13.9. The summed E-state index contributed by atoms with van der Waals surface area (Å²) in [5.74, 6) is 0.674. The number of hydrogen-bond acceptors (Lipinski definition) is 2. The molecule has 0 aliphatic heterocycles. The zero-order valence-corrected chi connectivity index (χ0v) is 13.9. The van der Waals surface area contributed by atoms with E-state index in [1.54, 1.807) is 6.11 Å². The second-order valence-corrected chi connectivity index (χ2v) is 5.89. The lowest BCUT2D eigenvalue weighted by Crippen LogP contribution is -1.88. The van der Waals surface area contributed by atoms with Crippen molar-refractivity contribution in [1.29, 1.82) is 0 Å².